The number of nitrogens with zero attached hydrogens (tertiary/aromatic N) is 1. The van der Waals surface area contributed by atoms with Crippen LogP contribution >= 0.6 is 22.9 Å². The van der Waals surface area contributed by atoms with Crippen LogP contribution in [-0.4, -0.2) is 24.5 Å². The molecule has 80 valence electrons. The van der Waals surface area contributed by atoms with Crippen LogP contribution in [0.5, 0.6) is 0 Å². The monoisotopic (exact) mass is 232 g/mol. The summed E-state index contributed by atoms with van der Waals surface area (Å²) in [5, 5.41) is 0. The molecule has 1 aromatic heterocycles. The van der Waals surface area contributed by atoms with E-state index in [4.69, 9.17) is 17.3 Å². The van der Waals surface area contributed by atoms with E-state index in [1.54, 1.807) is 11.3 Å². The van der Waals surface area contributed by atoms with Crippen molar-refractivity contribution in [2.45, 2.75) is 25.9 Å². The molecule has 0 amide bonds. The van der Waals surface area contributed by atoms with Crippen LogP contribution in [0.15, 0.2) is 12.1 Å². The number of likely N-dealkylation sites (N-methyl/N-ethyl adjacent to an activating group) is 1. The van der Waals surface area contributed by atoms with Crippen LogP contribution in [-0.2, 0) is 6.54 Å². The van der Waals surface area contributed by atoms with Gasteiger partial charge in [0.05, 0.1) is 4.34 Å². The lowest BCUT2D eigenvalue weighted by molar-refractivity contribution is 0.235. The molecular formula is C10H17ClN2S. The molecule has 0 fully saturated rings. The zero-order chi connectivity index (χ0) is 10.6. The summed E-state index contributed by atoms with van der Waals surface area (Å²) in [6, 6.07) is 4.49. The molecule has 0 radical (unpaired) electrons. The van der Waals surface area contributed by atoms with Crippen LogP contribution in [0.3, 0.4) is 0 Å². The lowest BCUT2D eigenvalue weighted by Gasteiger charge is -2.25. The Morgan fingerprint density at radius 2 is 2.29 bits per heavy atom. The highest BCUT2D eigenvalue weighted by atomic mass is 35.5. The Hall–Kier alpha value is -0.0900. The highest BCUT2D eigenvalue weighted by molar-refractivity contribution is 7.16. The van der Waals surface area contributed by atoms with Gasteiger partial charge in [-0.1, -0.05) is 18.5 Å². The van der Waals surface area contributed by atoms with Crippen molar-refractivity contribution in [2.75, 3.05) is 13.6 Å². The van der Waals surface area contributed by atoms with E-state index in [9.17, 15) is 0 Å². The predicted octanol–water partition coefficient (Wildman–Crippen LogP) is 2.57. The molecule has 0 aliphatic heterocycles. The predicted molar refractivity (Wildman–Crippen MR) is 63.9 cm³/mol. The average molecular weight is 233 g/mol. The van der Waals surface area contributed by atoms with Crippen LogP contribution in [0.1, 0.15) is 18.2 Å². The molecular weight excluding hydrogens is 216 g/mol. The van der Waals surface area contributed by atoms with E-state index in [1.807, 2.05) is 6.07 Å². The average Bonchev–Trinajstić information content (AvgIpc) is 2.53. The van der Waals surface area contributed by atoms with Gasteiger partial charge in [-0.3, -0.25) is 4.90 Å². The van der Waals surface area contributed by atoms with E-state index < -0.39 is 0 Å². The maximum atomic E-state index is 5.87. The highest BCUT2D eigenvalue weighted by Gasteiger charge is 2.11. The molecule has 0 saturated heterocycles. The molecule has 4 heteroatoms. The maximum absolute atomic E-state index is 5.87. The Balaban J connectivity index is 2.51. The Morgan fingerprint density at radius 1 is 1.57 bits per heavy atom. The minimum absolute atomic E-state index is 0.468. The van der Waals surface area contributed by atoms with Gasteiger partial charge in [0.15, 0.2) is 0 Å². The SMILES string of the molecule is CCC(CN)N(C)Cc1ccc(Cl)s1. The molecule has 14 heavy (non-hydrogen) atoms. The fourth-order valence-corrected chi connectivity index (χ4v) is 2.62. The van der Waals surface area contributed by atoms with Crippen molar-refractivity contribution in [3.63, 3.8) is 0 Å². The molecule has 0 saturated carbocycles. The zero-order valence-corrected chi connectivity index (χ0v) is 10.2. The fourth-order valence-electron chi connectivity index (χ4n) is 1.47. The van der Waals surface area contributed by atoms with Crippen LogP contribution in [0.2, 0.25) is 4.34 Å². The molecule has 1 unspecified atom stereocenters. The van der Waals surface area contributed by atoms with Gasteiger partial charge < -0.3 is 5.73 Å². The van der Waals surface area contributed by atoms with Crippen molar-refractivity contribution in [1.82, 2.24) is 4.90 Å². The number of thiophene rings is 1. The molecule has 2 nitrogen and oxygen atoms in total. The summed E-state index contributed by atoms with van der Waals surface area (Å²) < 4.78 is 0.856. The van der Waals surface area contributed by atoms with Gasteiger partial charge in [-0.2, -0.15) is 0 Å². The van der Waals surface area contributed by atoms with Crippen molar-refractivity contribution in [2.24, 2.45) is 5.73 Å². The summed E-state index contributed by atoms with van der Waals surface area (Å²) >= 11 is 7.50. The Kier molecular flexibility index (Phi) is 4.89. The van der Waals surface area contributed by atoms with Crippen molar-refractivity contribution in [1.29, 1.82) is 0 Å². The minimum Gasteiger partial charge on any atom is -0.329 e. The van der Waals surface area contributed by atoms with Gasteiger partial charge in [0.2, 0.25) is 0 Å². The Bertz CT molecular complexity index is 271. The second-order valence-electron chi connectivity index (χ2n) is 3.42. The lowest BCUT2D eigenvalue weighted by Crippen LogP contribution is -2.36. The third-order valence-electron chi connectivity index (χ3n) is 2.40. The normalized spacial score (nSPS) is 13.5. The van der Waals surface area contributed by atoms with Gasteiger partial charge in [0.25, 0.3) is 0 Å². The van der Waals surface area contributed by atoms with E-state index in [0.29, 0.717) is 12.6 Å². The van der Waals surface area contributed by atoms with Gasteiger partial charge in [0.1, 0.15) is 0 Å². The summed E-state index contributed by atoms with van der Waals surface area (Å²) in [7, 11) is 2.11. The van der Waals surface area contributed by atoms with Crippen LogP contribution in [0.25, 0.3) is 0 Å². The van der Waals surface area contributed by atoms with Gasteiger partial charge >= 0.3 is 0 Å². The van der Waals surface area contributed by atoms with Gasteiger partial charge in [-0.25, -0.2) is 0 Å². The van der Waals surface area contributed by atoms with Gasteiger partial charge in [0, 0.05) is 24.0 Å². The van der Waals surface area contributed by atoms with Crippen molar-refractivity contribution < 1.29 is 0 Å². The summed E-state index contributed by atoms with van der Waals surface area (Å²) in [6.07, 6.45) is 1.09. The van der Waals surface area contributed by atoms with Crippen LogP contribution in [0, 0.1) is 0 Å². The molecule has 1 atom stereocenters. The number of hydrogen-bond donors (Lipinski definition) is 1. The molecule has 0 bridgehead atoms. The van der Waals surface area contributed by atoms with E-state index in [1.165, 1.54) is 4.88 Å². The quantitative estimate of drug-likeness (QED) is 0.846. The summed E-state index contributed by atoms with van der Waals surface area (Å²) in [4.78, 5) is 3.58. The first-order valence-corrected chi connectivity index (χ1v) is 6.01. The third kappa shape index (κ3) is 3.24. The van der Waals surface area contributed by atoms with Crippen molar-refractivity contribution in [3.05, 3.63) is 21.3 Å². The Morgan fingerprint density at radius 3 is 2.71 bits per heavy atom. The van der Waals surface area contributed by atoms with Crippen molar-refractivity contribution in [3.8, 4) is 0 Å². The van der Waals surface area contributed by atoms with Crippen molar-refractivity contribution >= 4 is 22.9 Å². The van der Waals surface area contributed by atoms with Crippen LogP contribution in [0.4, 0.5) is 0 Å². The third-order valence-corrected chi connectivity index (χ3v) is 3.62. The topological polar surface area (TPSA) is 29.3 Å². The van der Waals surface area contributed by atoms with E-state index in [0.717, 1.165) is 17.3 Å². The number of halogens is 1. The van der Waals surface area contributed by atoms with Gasteiger partial charge in [-0.15, -0.1) is 11.3 Å². The van der Waals surface area contributed by atoms with E-state index >= 15 is 0 Å². The summed E-state index contributed by atoms with van der Waals surface area (Å²) in [5.41, 5.74) is 5.68. The molecule has 1 heterocycles. The standard InChI is InChI=1S/C10H17ClN2S/c1-3-8(6-12)13(2)7-9-4-5-10(11)14-9/h4-5,8H,3,6-7,12H2,1-2H3. The first-order chi connectivity index (χ1) is 6.67. The van der Waals surface area contributed by atoms with E-state index in [-0.39, 0.29) is 0 Å². The maximum Gasteiger partial charge on any atom is 0.0931 e. The zero-order valence-electron chi connectivity index (χ0n) is 8.66. The first kappa shape index (κ1) is 12.0. The largest absolute Gasteiger partial charge is 0.329 e. The number of nitrogens with two attached hydrogens (primary N) is 1. The number of hydrogen-bond acceptors (Lipinski definition) is 3. The second kappa shape index (κ2) is 5.71. The molecule has 0 aliphatic rings. The van der Waals surface area contributed by atoms with E-state index in [2.05, 4.69) is 24.9 Å². The fraction of sp³-hybridized carbons (Fsp3) is 0.600. The summed E-state index contributed by atoms with van der Waals surface area (Å²) in [6.45, 7) is 3.81. The molecule has 0 aliphatic carbocycles. The molecule has 0 spiro atoms. The Labute approximate surface area is 94.7 Å². The lowest BCUT2D eigenvalue weighted by atomic mass is 10.2. The molecule has 0 aromatic carbocycles. The minimum atomic E-state index is 0.468. The molecule has 2 N–H and O–H groups in total. The smallest absolute Gasteiger partial charge is 0.0931 e. The highest BCUT2D eigenvalue weighted by Crippen LogP contribution is 2.22. The van der Waals surface area contributed by atoms with Gasteiger partial charge in [-0.05, 0) is 25.6 Å². The first-order valence-electron chi connectivity index (χ1n) is 4.81. The molecule has 1 rings (SSSR count). The second-order valence-corrected chi connectivity index (χ2v) is 5.22. The number of rotatable bonds is 5. The molecule has 1 aromatic rings. The van der Waals surface area contributed by atoms with Crippen LogP contribution < -0.4 is 5.73 Å². The summed E-state index contributed by atoms with van der Waals surface area (Å²) in [5.74, 6) is 0.